The minimum absolute atomic E-state index is 0.212. The molecule has 128 valence electrons. The summed E-state index contributed by atoms with van der Waals surface area (Å²) in [5.74, 6) is -0.230. The van der Waals surface area contributed by atoms with Crippen LogP contribution in [-0.4, -0.2) is 22.1 Å². The molecule has 4 nitrogen and oxygen atoms in total. The normalized spacial score (nSPS) is 10.6. The van der Waals surface area contributed by atoms with Crippen LogP contribution in [0, 0.1) is 6.92 Å². The number of hydrogen-bond acceptors (Lipinski definition) is 3. The summed E-state index contributed by atoms with van der Waals surface area (Å²) < 4.78 is 7.14. The number of nitrogens with zero attached hydrogens (tertiary/aromatic N) is 2. The predicted octanol–water partition coefficient (Wildman–Crippen LogP) is 3.88. The summed E-state index contributed by atoms with van der Waals surface area (Å²) in [6, 6.07) is 18.3. The first kappa shape index (κ1) is 17.0. The van der Waals surface area contributed by atoms with Gasteiger partial charge in [0.15, 0.2) is 0 Å². The molecule has 1 aromatic heterocycles. The first-order valence-electron chi connectivity index (χ1n) is 8.49. The van der Waals surface area contributed by atoms with Gasteiger partial charge in [0.1, 0.15) is 0 Å². The lowest BCUT2D eigenvalue weighted by molar-refractivity contribution is -0.142. The second kappa shape index (κ2) is 7.79. The Kier molecular flexibility index (Phi) is 5.29. The van der Waals surface area contributed by atoms with Crippen LogP contribution in [0.4, 0.5) is 0 Å². The molecular weight excluding hydrogens is 312 g/mol. The van der Waals surface area contributed by atoms with E-state index in [1.54, 1.807) is 6.33 Å². The molecule has 3 aromatic rings. The van der Waals surface area contributed by atoms with E-state index in [2.05, 4.69) is 36.2 Å². The highest BCUT2D eigenvalue weighted by molar-refractivity contribution is 5.72. The summed E-state index contributed by atoms with van der Waals surface area (Å²) in [4.78, 5) is 16.7. The third-order valence-corrected chi connectivity index (χ3v) is 4.06. The SMILES string of the molecule is CCOC(=O)Cc1c(Cc2ccccc2)ncn1-c1cccc(C)c1. The van der Waals surface area contributed by atoms with E-state index in [1.165, 1.54) is 5.56 Å². The highest BCUT2D eigenvalue weighted by Gasteiger charge is 2.17. The Morgan fingerprint density at radius 1 is 1.12 bits per heavy atom. The molecule has 0 saturated heterocycles. The van der Waals surface area contributed by atoms with Gasteiger partial charge in [-0.15, -0.1) is 0 Å². The highest BCUT2D eigenvalue weighted by atomic mass is 16.5. The molecule has 0 spiro atoms. The molecule has 0 atom stereocenters. The zero-order valence-electron chi connectivity index (χ0n) is 14.6. The molecular formula is C21H22N2O2. The van der Waals surface area contributed by atoms with E-state index in [0.717, 1.165) is 22.6 Å². The maximum Gasteiger partial charge on any atom is 0.311 e. The van der Waals surface area contributed by atoms with Gasteiger partial charge in [-0.1, -0.05) is 42.5 Å². The van der Waals surface area contributed by atoms with Gasteiger partial charge in [-0.05, 0) is 37.1 Å². The van der Waals surface area contributed by atoms with Gasteiger partial charge in [-0.2, -0.15) is 0 Å². The fourth-order valence-corrected chi connectivity index (χ4v) is 2.88. The smallest absolute Gasteiger partial charge is 0.311 e. The van der Waals surface area contributed by atoms with Crippen LogP contribution in [0.2, 0.25) is 0 Å². The number of aromatic nitrogens is 2. The largest absolute Gasteiger partial charge is 0.466 e. The number of hydrogen-bond donors (Lipinski definition) is 0. The van der Waals surface area contributed by atoms with Crippen LogP contribution in [0.3, 0.4) is 0 Å². The molecule has 0 saturated carbocycles. The maximum absolute atomic E-state index is 12.1. The fourth-order valence-electron chi connectivity index (χ4n) is 2.88. The van der Waals surface area contributed by atoms with Crippen LogP contribution >= 0.6 is 0 Å². The van der Waals surface area contributed by atoms with Gasteiger partial charge in [0.05, 0.1) is 30.7 Å². The molecule has 0 aliphatic carbocycles. The Hall–Kier alpha value is -2.88. The van der Waals surface area contributed by atoms with E-state index < -0.39 is 0 Å². The van der Waals surface area contributed by atoms with Crippen molar-refractivity contribution in [2.75, 3.05) is 6.61 Å². The fraction of sp³-hybridized carbons (Fsp3) is 0.238. The van der Waals surface area contributed by atoms with Crippen molar-refractivity contribution in [2.24, 2.45) is 0 Å². The number of benzene rings is 2. The number of aryl methyl sites for hydroxylation is 1. The third kappa shape index (κ3) is 4.15. The quantitative estimate of drug-likeness (QED) is 0.643. The topological polar surface area (TPSA) is 44.1 Å². The van der Waals surface area contributed by atoms with Crippen LogP contribution in [-0.2, 0) is 22.4 Å². The molecule has 0 bridgehead atoms. The van der Waals surface area contributed by atoms with Crippen molar-refractivity contribution in [3.8, 4) is 5.69 Å². The second-order valence-electron chi connectivity index (χ2n) is 5.99. The van der Waals surface area contributed by atoms with Crippen LogP contribution in [0.15, 0.2) is 60.9 Å². The van der Waals surface area contributed by atoms with Crippen molar-refractivity contribution in [1.82, 2.24) is 9.55 Å². The van der Waals surface area contributed by atoms with Crippen LogP contribution in [0.5, 0.6) is 0 Å². The second-order valence-corrected chi connectivity index (χ2v) is 5.99. The summed E-state index contributed by atoms with van der Waals surface area (Å²) in [7, 11) is 0. The third-order valence-electron chi connectivity index (χ3n) is 4.06. The minimum atomic E-state index is -0.230. The van der Waals surface area contributed by atoms with E-state index >= 15 is 0 Å². The standard InChI is InChI=1S/C21H22N2O2/c1-3-25-21(24)14-20-19(13-17-9-5-4-6-10-17)22-15-23(20)18-11-7-8-16(2)12-18/h4-12,15H,3,13-14H2,1-2H3. The van der Waals surface area contributed by atoms with Crippen molar-refractivity contribution < 1.29 is 9.53 Å². The van der Waals surface area contributed by atoms with Gasteiger partial charge in [0, 0.05) is 12.1 Å². The van der Waals surface area contributed by atoms with E-state index in [9.17, 15) is 4.79 Å². The van der Waals surface area contributed by atoms with Crippen molar-refractivity contribution in [1.29, 1.82) is 0 Å². The Morgan fingerprint density at radius 3 is 2.64 bits per heavy atom. The van der Waals surface area contributed by atoms with Gasteiger partial charge in [0.2, 0.25) is 0 Å². The number of carbonyl (C=O) groups is 1. The van der Waals surface area contributed by atoms with Gasteiger partial charge in [-0.25, -0.2) is 4.98 Å². The van der Waals surface area contributed by atoms with E-state index in [-0.39, 0.29) is 12.4 Å². The molecule has 0 aliphatic heterocycles. The number of esters is 1. The molecule has 4 heteroatoms. The lowest BCUT2D eigenvalue weighted by Crippen LogP contribution is -2.13. The van der Waals surface area contributed by atoms with E-state index in [1.807, 2.05) is 41.8 Å². The Bertz CT molecular complexity index is 853. The molecule has 0 N–H and O–H groups in total. The molecule has 0 aliphatic rings. The predicted molar refractivity (Wildman–Crippen MR) is 97.9 cm³/mol. The Labute approximate surface area is 148 Å². The molecule has 3 rings (SSSR count). The van der Waals surface area contributed by atoms with E-state index in [0.29, 0.717) is 13.0 Å². The molecule has 0 unspecified atom stereocenters. The Balaban J connectivity index is 1.98. The molecule has 25 heavy (non-hydrogen) atoms. The van der Waals surface area contributed by atoms with Crippen molar-refractivity contribution >= 4 is 5.97 Å². The maximum atomic E-state index is 12.1. The molecule has 0 radical (unpaired) electrons. The monoisotopic (exact) mass is 334 g/mol. The first-order valence-corrected chi connectivity index (χ1v) is 8.49. The average Bonchev–Trinajstić information content (AvgIpc) is 2.98. The van der Waals surface area contributed by atoms with Gasteiger partial charge in [0.25, 0.3) is 0 Å². The number of ether oxygens (including phenoxy) is 1. The van der Waals surface area contributed by atoms with Crippen LogP contribution < -0.4 is 0 Å². The molecule has 0 fully saturated rings. The van der Waals surface area contributed by atoms with Crippen LogP contribution in [0.25, 0.3) is 5.69 Å². The molecule has 0 amide bonds. The zero-order valence-corrected chi connectivity index (χ0v) is 14.6. The van der Waals surface area contributed by atoms with Crippen molar-refractivity contribution in [3.05, 3.63) is 83.4 Å². The lowest BCUT2D eigenvalue weighted by atomic mass is 10.1. The first-order chi connectivity index (χ1) is 12.2. The minimum Gasteiger partial charge on any atom is -0.466 e. The number of imidazole rings is 1. The average molecular weight is 334 g/mol. The molecule has 2 aromatic carbocycles. The highest BCUT2D eigenvalue weighted by Crippen LogP contribution is 2.20. The number of rotatable bonds is 6. The van der Waals surface area contributed by atoms with Crippen molar-refractivity contribution in [2.45, 2.75) is 26.7 Å². The summed E-state index contributed by atoms with van der Waals surface area (Å²) in [6.07, 6.45) is 2.69. The summed E-state index contributed by atoms with van der Waals surface area (Å²) >= 11 is 0. The summed E-state index contributed by atoms with van der Waals surface area (Å²) in [5.41, 5.74) is 5.12. The Morgan fingerprint density at radius 2 is 1.92 bits per heavy atom. The summed E-state index contributed by atoms with van der Waals surface area (Å²) in [5, 5.41) is 0. The lowest BCUT2D eigenvalue weighted by Gasteiger charge is -2.11. The van der Waals surface area contributed by atoms with Gasteiger partial charge >= 0.3 is 5.97 Å². The van der Waals surface area contributed by atoms with Crippen LogP contribution in [0.1, 0.15) is 29.4 Å². The molecule has 1 heterocycles. The van der Waals surface area contributed by atoms with Gasteiger partial charge < -0.3 is 9.30 Å². The van der Waals surface area contributed by atoms with Crippen molar-refractivity contribution in [3.63, 3.8) is 0 Å². The summed E-state index contributed by atoms with van der Waals surface area (Å²) in [6.45, 7) is 4.25. The van der Waals surface area contributed by atoms with E-state index in [4.69, 9.17) is 4.74 Å². The number of carbonyl (C=O) groups excluding carboxylic acids is 1. The van der Waals surface area contributed by atoms with Gasteiger partial charge in [-0.3, -0.25) is 4.79 Å². The zero-order chi connectivity index (χ0) is 17.6.